The van der Waals surface area contributed by atoms with Crippen LogP contribution in [0.25, 0.3) is 0 Å². The lowest BCUT2D eigenvalue weighted by molar-refractivity contribution is -0.126. The minimum absolute atomic E-state index is 0.144. The number of para-hydroxylation sites is 1. The molecule has 1 unspecified atom stereocenters. The Morgan fingerprint density at radius 1 is 1.19 bits per heavy atom. The highest BCUT2D eigenvalue weighted by Crippen LogP contribution is 2.33. The molecule has 2 heterocycles. The first-order valence-electron chi connectivity index (χ1n) is 9.74. The molecular weight excluding hydrogens is 521 g/mol. The van der Waals surface area contributed by atoms with Gasteiger partial charge in [0.05, 0.1) is 17.2 Å². The average molecular weight is 539 g/mol. The van der Waals surface area contributed by atoms with Gasteiger partial charge in [-0.3, -0.25) is 15.0 Å². The molecule has 0 bridgehead atoms. The molecule has 0 radical (unpaired) electrons. The van der Waals surface area contributed by atoms with Crippen molar-refractivity contribution in [3.63, 3.8) is 0 Å². The third-order valence-corrected chi connectivity index (χ3v) is 5.69. The highest BCUT2D eigenvalue weighted by molar-refractivity contribution is 9.10. The molecule has 2 aromatic carbocycles. The van der Waals surface area contributed by atoms with Gasteiger partial charge in [-0.2, -0.15) is 0 Å². The fraction of sp³-hybridized carbons (Fsp3) is 0.182. The van der Waals surface area contributed by atoms with Crippen molar-refractivity contribution < 1.29 is 18.7 Å². The second kappa shape index (κ2) is 9.85. The van der Waals surface area contributed by atoms with Crippen LogP contribution in [0.4, 0.5) is 5.69 Å². The molecule has 32 heavy (non-hydrogen) atoms. The van der Waals surface area contributed by atoms with Gasteiger partial charge in [-0.1, -0.05) is 35.3 Å². The van der Waals surface area contributed by atoms with Crippen LogP contribution in [0.1, 0.15) is 35.1 Å². The van der Waals surface area contributed by atoms with Gasteiger partial charge in [0, 0.05) is 17.1 Å². The summed E-state index contributed by atoms with van der Waals surface area (Å²) in [4.78, 5) is 25.7. The van der Waals surface area contributed by atoms with E-state index in [1.165, 1.54) is 5.01 Å². The number of ether oxygens (including phenoxy) is 1. The number of anilines is 1. The topological polar surface area (TPSA) is 83.8 Å². The van der Waals surface area contributed by atoms with E-state index in [4.69, 9.17) is 32.4 Å². The Labute approximate surface area is 202 Å². The first-order valence-corrected chi connectivity index (χ1v) is 11.3. The molecule has 1 aliphatic heterocycles. The summed E-state index contributed by atoms with van der Waals surface area (Å²) in [5.74, 6) is 0.295. The number of fused-ring (bicyclic) bond motifs is 1. The van der Waals surface area contributed by atoms with E-state index >= 15 is 0 Å². The molecule has 0 saturated carbocycles. The van der Waals surface area contributed by atoms with Gasteiger partial charge < -0.3 is 14.5 Å². The molecule has 4 rings (SSSR count). The zero-order valence-corrected chi connectivity index (χ0v) is 19.7. The molecule has 1 aliphatic rings. The van der Waals surface area contributed by atoms with Crippen molar-refractivity contribution in [1.82, 2.24) is 10.4 Å². The van der Waals surface area contributed by atoms with Gasteiger partial charge in [0.15, 0.2) is 10.8 Å². The molecule has 2 amide bonds. The van der Waals surface area contributed by atoms with E-state index in [0.29, 0.717) is 43.9 Å². The van der Waals surface area contributed by atoms with Crippen LogP contribution in [-0.2, 0) is 4.79 Å². The third kappa shape index (κ3) is 5.03. The number of hydrazine groups is 1. The van der Waals surface area contributed by atoms with E-state index in [9.17, 15) is 9.59 Å². The Bertz CT molecular complexity index is 1150. The predicted octanol–water partition coefficient (Wildman–Crippen LogP) is 5.81. The molecule has 0 aliphatic carbocycles. The van der Waals surface area contributed by atoms with E-state index in [1.807, 2.05) is 6.07 Å². The summed E-state index contributed by atoms with van der Waals surface area (Å²) in [6.07, 6.45) is -0.129. The summed E-state index contributed by atoms with van der Waals surface area (Å²) < 4.78 is 11.8. The van der Waals surface area contributed by atoms with Gasteiger partial charge in [-0.25, -0.2) is 5.01 Å². The Hall–Kier alpha value is -2.68. The summed E-state index contributed by atoms with van der Waals surface area (Å²) in [6.45, 7) is 0.276. The van der Waals surface area contributed by atoms with Crippen LogP contribution >= 0.6 is 39.1 Å². The highest BCUT2D eigenvalue weighted by atomic mass is 79.9. The van der Waals surface area contributed by atoms with Crippen molar-refractivity contribution in [2.75, 3.05) is 11.9 Å². The standard InChI is InChI=1S/C22H18BrCl2N3O4/c23-19-10-9-18(32-19)21-26-16-5-2-1-4-14(16)22(30)28(21)27-20(29)6-3-11-31-17-8-7-13(24)12-15(17)25/h1-2,4-5,7-10,12,21,26H,3,6,11H2,(H,27,29). The number of furan rings is 1. The smallest absolute Gasteiger partial charge is 0.276 e. The fourth-order valence-corrected chi connectivity index (χ4v) is 4.02. The zero-order chi connectivity index (χ0) is 22.7. The van der Waals surface area contributed by atoms with E-state index in [2.05, 4.69) is 26.7 Å². The highest BCUT2D eigenvalue weighted by Gasteiger charge is 2.35. The molecule has 1 atom stereocenters. The van der Waals surface area contributed by atoms with Crippen LogP contribution < -0.4 is 15.5 Å². The monoisotopic (exact) mass is 537 g/mol. The molecule has 7 nitrogen and oxygen atoms in total. The second-order valence-corrected chi connectivity index (χ2v) is 8.60. The van der Waals surface area contributed by atoms with Crippen LogP contribution in [0, 0.1) is 0 Å². The zero-order valence-electron chi connectivity index (χ0n) is 16.6. The van der Waals surface area contributed by atoms with Gasteiger partial charge in [-0.05, 0) is 64.8 Å². The minimum Gasteiger partial charge on any atom is -0.492 e. The summed E-state index contributed by atoms with van der Waals surface area (Å²) in [7, 11) is 0. The lowest BCUT2D eigenvalue weighted by atomic mass is 10.1. The van der Waals surface area contributed by atoms with Crippen LogP contribution in [0.2, 0.25) is 10.0 Å². The first-order chi connectivity index (χ1) is 15.4. The number of nitrogens with zero attached hydrogens (tertiary/aromatic N) is 1. The maximum atomic E-state index is 13.1. The van der Waals surface area contributed by atoms with Crippen molar-refractivity contribution in [2.45, 2.75) is 19.0 Å². The summed E-state index contributed by atoms with van der Waals surface area (Å²) >= 11 is 15.2. The Kier molecular flexibility index (Phi) is 6.93. The summed E-state index contributed by atoms with van der Waals surface area (Å²) in [6, 6.07) is 15.5. The minimum atomic E-state index is -0.697. The predicted molar refractivity (Wildman–Crippen MR) is 125 cm³/mol. The van der Waals surface area contributed by atoms with Crippen molar-refractivity contribution in [1.29, 1.82) is 0 Å². The number of carbonyl (C=O) groups is 2. The van der Waals surface area contributed by atoms with Crippen molar-refractivity contribution in [3.8, 4) is 5.75 Å². The first kappa shape index (κ1) is 22.5. The van der Waals surface area contributed by atoms with Gasteiger partial charge in [0.25, 0.3) is 5.91 Å². The lowest BCUT2D eigenvalue weighted by Gasteiger charge is -2.36. The van der Waals surface area contributed by atoms with E-state index in [1.54, 1.807) is 48.5 Å². The molecule has 166 valence electrons. The summed E-state index contributed by atoms with van der Waals surface area (Å²) in [5, 5.41) is 5.40. The van der Waals surface area contributed by atoms with Crippen LogP contribution in [0.15, 0.2) is 63.7 Å². The molecule has 1 aromatic heterocycles. The molecule has 2 N–H and O–H groups in total. The molecular formula is C22H18BrCl2N3O4. The van der Waals surface area contributed by atoms with Crippen molar-refractivity contribution in [3.05, 3.63) is 80.6 Å². The third-order valence-electron chi connectivity index (χ3n) is 4.73. The van der Waals surface area contributed by atoms with Gasteiger partial charge in [-0.15, -0.1) is 0 Å². The Morgan fingerprint density at radius 3 is 2.75 bits per heavy atom. The van der Waals surface area contributed by atoms with Gasteiger partial charge >= 0.3 is 0 Å². The summed E-state index contributed by atoms with van der Waals surface area (Å²) in [5.41, 5.74) is 3.81. The number of benzene rings is 2. The molecule has 3 aromatic rings. The molecule has 0 fully saturated rings. The number of halogens is 3. The van der Waals surface area contributed by atoms with Gasteiger partial charge in [0.1, 0.15) is 11.5 Å². The normalized spacial score (nSPS) is 15.2. The largest absolute Gasteiger partial charge is 0.492 e. The van der Waals surface area contributed by atoms with Crippen LogP contribution in [-0.4, -0.2) is 23.4 Å². The number of hydrogen-bond acceptors (Lipinski definition) is 5. The van der Waals surface area contributed by atoms with Crippen molar-refractivity contribution >= 4 is 56.6 Å². The quantitative estimate of drug-likeness (QED) is 0.371. The van der Waals surface area contributed by atoms with Gasteiger partial charge in [0.2, 0.25) is 5.91 Å². The van der Waals surface area contributed by atoms with E-state index < -0.39 is 6.17 Å². The number of amides is 2. The fourth-order valence-electron chi connectivity index (χ4n) is 3.24. The van der Waals surface area contributed by atoms with E-state index in [0.717, 1.165) is 0 Å². The lowest BCUT2D eigenvalue weighted by Crippen LogP contribution is -2.52. The SMILES string of the molecule is O=C(CCCOc1ccc(Cl)cc1Cl)NN1C(=O)c2ccccc2NC1c1ccc(Br)o1. The second-order valence-electron chi connectivity index (χ2n) is 6.97. The number of nitrogens with one attached hydrogen (secondary N) is 2. The average Bonchev–Trinajstić information content (AvgIpc) is 3.20. The van der Waals surface area contributed by atoms with Crippen LogP contribution in [0.5, 0.6) is 5.75 Å². The number of hydrogen-bond donors (Lipinski definition) is 2. The van der Waals surface area contributed by atoms with Crippen LogP contribution in [0.3, 0.4) is 0 Å². The molecule has 10 heteroatoms. The Balaban J connectivity index is 1.40. The molecule has 0 spiro atoms. The van der Waals surface area contributed by atoms with E-state index in [-0.39, 0.29) is 24.8 Å². The maximum Gasteiger partial charge on any atom is 0.276 e. The number of rotatable bonds is 7. The maximum absolute atomic E-state index is 13.1. The van der Waals surface area contributed by atoms with Crippen molar-refractivity contribution in [2.24, 2.45) is 0 Å². The molecule has 0 saturated heterocycles. The Morgan fingerprint density at radius 2 is 2.00 bits per heavy atom. The number of carbonyl (C=O) groups excluding carboxylic acids is 2.